The van der Waals surface area contributed by atoms with Crippen LogP contribution in [0.4, 0.5) is 10.8 Å². The Hall–Kier alpha value is -3.97. The van der Waals surface area contributed by atoms with Gasteiger partial charge >= 0.3 is 0 Å². The van der Waals surface area contributed by atoms with Crippen molar-refractivity contribution in [2.75, 3.05) is 11.5 Å². The molecule has 7 heteroatoms. The summed E-state index contributed by atoms with van der Waals surface area (Å²) in [5.74, 6) is 1.90. The Bertz CT molecular complexity index is 1360. The number of fused-ring (bicyclic) bond motifs is 1. The summed E-state index contributed by atoms with van der Waals surface area (Å²) in [6.07, 6.45) is 2.33. The van der Waals surface area contributed by atoms with E-state index in [1.54, 1.807) is 11.1 Å². The van der Waals surface area contributed by atoms with Gasteiger partial charge in [-0.1, -0.05) is 53.8 Å². The molecule has 0 aliphatic heterocycles. The zero-order valence-corrected chi connectivity index (χ0v) is 19.5. The SMILES string of the molecule is CCOc1ccc(N(C(=O)CCc2ncc(-c3ccccc3)o2)c2nc3ccccc3s2)cc1. The van der Waals surface area contributed by atoms with Gasteiger partial charge in [-0.15, -0.1) is 0 Å². The van der Waals surface area contributed by atoms with Gasteiger partial charge < -0.3 is 9.15 Å². The van der Waals surface area contributed by atoms with Crippen LogP contribution in [0.25, 0.3) is 21.5 Å². The van der Waals surface area contributed by atoms with Gasteiger partial charge in [0.05, 0.1) is 28.7 Å². The number of benzene rings is 3. The number of para-hydroxylation sites is 1. The van der Waals surface area contributed by atoms with Crippen LogP contribution in [0.15, 0.2) is 89.5 Å². The van der Waals surface area contributed by atoms with Crippen LogP contribution < -0.4 is 9.64 Å². The van der Waals surface area contributed by atoms with Crippen molar-refractivity contribution in [1.82, 2.24) is 9.97 Å². The van der Waals surface area contributed by atoms with Crippen LogP contribution in [0.2, 0.25) is 0 Å². The number of ether oxygens (including phenoxy) is 1. The molecule has 2 heterocycles. The number of carbonyl (C=O) groups is 1. The molecule has 3 aromatic carbocycles. The highest BCUT2D eigenvalue weighted by molar-refractivity contribution is 7.22. The minimum Gasteiger partial charge on any atom is -0.494 e. The number of oxazole rings is 1. The third-order valence-electron chi connectivity index (χ3n) is 5.29. The van der Waals surface area contributed by atoms with Crippen LogP contribution in [-0.4, -0.2) is 22.5 Å². The number of nitrogens with zero attached hydrogens (tertiary/aromatic N) is 3. The molecule has 0 spiro atoms. The van der Waals surface area contributed by atoms with Gasteiger partial charge in [0.1, 0.15) is 5.75 Å². The average Bonchev–Trinajstić information content (AvgIpc) is 3.52. The van der Waals surface area contributed by atoms with E-state index in [4.69, 9.17) is 14.1 Å². The topological polar surface area (TPSA) is 68.5 Å². The molecule has 0 saturated carbocycles. The normalized spacial score (nSPS) is 11.0. The summed E-state index contributed by atoms with van der Waals surface area (Å²) in [6.45, 7) is 2.53. The Balaban J connectivity index is 1.39. The quantitative estimate of drug-likeness (QED) is 0.255. The van der Waals surface area contributed by atoms with Gasteiger partial charge in [-0.25, -0.2) is 9.97 Å². The average molecular weight is 470 g/mol. The molecule has 1 amide bonds. The molecule has 0 aliphatic rings. The molecule has 5 rings (SSSR count). The Morgan fingerprint density at radius 2 is 1.76 bits per heavy atom. The summed E-state index contributed by atoms with van der Waals surface area (Å²) in [5, 5.41) is 0.632. The van der Waals surface area contributed by atoms with Crippen LogP contribution in [0.3, 0.4) is 0 Å². The molecule has 0 atom stereocenters. The largest absolute Gasteiger partial charge is 0.494 e. The molecule has 6 nitrogen and oxygen atoms in total. The van der Waals surface area contributed by atoms with E-state index in [1.165, 1.54) is 11.3 Å². The first-order valence-corrected chi connectivity index (χ1v) is 11.9. The third kappa shape index (κ3) is 4.70. The number of rotatable bonds is 8. The Morgan fingerprint density at radius 1 is 1.00 bits per heavy atom. The number of amides is 1. The van der Waals surface area contributed by atoms with Crippen molar-refractivity contribution in [3.05, 3.63) is 91.0 Å². The molecule has 170 valence electrons. The van der Waals surface area contributed by atoms with E-state index in [0.29, 0.717) is 29.8 Å². The predicted octanol–water partition coefficient (Wildman–Crippen LogP) is 6.65. The van der Waals surface area contributed by atoms with Gasteiger partial charge in [0.2, 0.25) is 5.91 Å². The first kappa shape index (κ1) is 21.9. The van der Waals surface area contributed by atoms with Gasteiger partial charge in [-0.2, -0.15) is 0 Å². The number of aromatic nitrogens is 2. The van der Waals surface area contributed by atoms with Gasteiger partial charge in [0.25, 0.3) is 0 Å². The van der Waals surface area contributed by atoms with Crippen molar-refractivity contribution in [2.24, 2.45) is 0 Å². The second kappa shape index (κ2) is 9.89. The highest BCUT2D eigenvalue weighted by Gasteiger charge is 2.22. The van der Waals surface area contributed by atoms with Crippen molar-refractivity contribution < 1.29 is 13.9 Å². The molecule has 0 N–H and O–H groups in total. The van der Waals surface area contributed by atoms with Gasteiger partial charge in [0, 0.05) is 18.4 Å². The first-order chi connectivity index (χ1) is 16.7. The van der Waals surface area contributed by atoms with Crippen LogP contribution in [0.1, 0.15) is 19.2 Å². The van der Waals surface area contributed by atoms with Crippen LogP contribution in [-0.2, 0) is 11.2 Å². The van der Waals surface area contributed by atoms with Crippen molar-refractivity contribution in [3.63, 3.8) is 0 Å². The minimum atomic E-state index is -0.0809. The molecular formula is C27H23N3O3S. The summed E-state index contributed by atoms with van der Waals surface area (Å²) in [4.78, 5) is 24.2. The highest BCUT2D eigenvalue weighted by Crippen LogP contribution is 2.35. The molecule has 0 bridgehead atoms. The number of carbonyl (C=O) groups excluding carboxylic acids is 1. The zero-order chi connectivity index (χ0) is 23.3. The lowest BCUT2D eigenvalue weighted by atomic mass is 10.2. The van der Waals surface area contributed by atoms with Gasteiger partial charge in [0.15, 0.2) is 16.8 Å². The summed E-state index contributed by atoms with van der Waals surface area (Å²) in [6, 6.07) is 25.2. The molecule has 0 unspecified atom stereocenters. The molecule has 2 aromatic heterocycles. The zero-order valence-electron chi connectivity index (χ0n) is 18.7. The lowest BCUT2D eigenvalue weighted by Gasteiger charge is -2.20. The summed E-state index contributed by atoms with van der Waals surface area (Å²) in [7, 11) is 0. The second-order valence-electron chi connectivity index (χ2n) is 7.60. The van der Waals surface area contributed by atoms with E-state index in [9.17, 15) is 4.79 Å². The fraction of sp³-hybridized carbons (Fsp3) is 0.148. The van der Waals surface area contributed by atoms with Crippen LogP contribution >= 0.6 is 11.3 Å². The highest BCUT2D eigenvalue weighted by atomic mass is 32.1. The molecule has 0 saturated heterocycles. The Kier molecular flexibility index (Phi) is 6.35. The number of anilines is 2. The molecule has 0 radical (unpaired) electrons. The van der Waals surface area contributed by atoms with Crippen molar-refractivity contribution in [2.45, 2.75) is 19.8 Å². The molecular weight excluding hydrogens is 446 g/mol. The number of thiazole rings is 1. The Morgan fingerprint density at radius 3 is 2.53 bits per heavy atom. The van der Waals surface area contributed by atoms with E-state index in [-0.39, 0.29) is 12.3 Å². The molecule has 34 heavy (non-hydrogen) atoms. The number of hydrogen-bond donors (Lipinski definition) is 0. The van der Waals surface area contributed by atoms with Crippen molar-refractivity contribution in [1.29, 1.82) is 0 Å². The number of aryl methyl sites for hydroxylation is 1. The first-order valence-electron chi connectivity index (χ1n) is 11.1. The lowest BCUT2D eigenvalue weighted by molar-refractivity contribution is -0.117. The minimum absolute atomic E-state index is 0.0809. The second-order valence-corrected chi connectivity index (χ2v) is 8.61. The number of hydrogen-bond acceptors (Lipinski definition) is 6. The third-order valence-corrected chi connectivity index (χ3v) is 6.32. The molecule has 5 aromatic rings. The molecule has 0 aliphatic carbocycles. The molecule has 0 fully saturated rings. The van der Waals surface area contributed by atoms with Gasteiger partial charge in [-0.3, -0.25) is 9.69 Å². The van der Waals surface area contributed by atoms with E-state index in [0.717, 1.165) is 27.2 Å². The van der Waals surface area contributed by atoms with E-state index < -0.39 is 0 Å². The summed E-state index contributed by atoms with van der Waals surface area (Å²) < 4.78 is 12.5. The summed E-state index contributed by atoms with van der Waals surface area (Å²) in [5.41, 5.74) is 2.56. The Labute approximate surface area is 201 Å². The van der Waals surface area contributed by atoms with Crippen LogP contribution in [0.5, 0.6) is 5.75 Å². The van der Waals surface area contributed by atoms with Crippen molar-refractivity contribution in [3.8, 4) is 17.1 Å². The maximum Gasteiger partial charge on any atom is 0.233 e. The fourth-order valence-corrected chi connectivity index (χ4v) is 4.67. The summed E-state index contributed by atoms with van der Waals surface area (Å²) >= 11 is 1.49. The van der Waals surface area contributed by atoms with Crippen LogP contribution in [0, 0.1) is 0 Å². The van der Waals surface area contributed by atoms with Crippen molar-refractivity contribution >= 4 is 38.3 Å². The lowest BCUT2D eigenvalue weighted by Crippen LogP contribution is -2.26. The van der Waals surface area contributed by atoms with E-state index >= 15 is 0 Å². The van der Waals surface area contributed by atoms with E-state index in [1.807, 2.05) is 85.8 Å². The maximum atomic E-state index is 13.5. The monoisotopic (exact) mass is 469 g/mol. The standard InChI is InChI=1S/C27H23N3O3S/c1-2-32-21-14-12-20(13-15-21)30(27-29-22-10-6-7-11-24(22)34-27)26(31)17-16-25-28-18-23(33-25)19-8-4-3-5-9-19/h3-15,18H,2,16-17H2,1H3. The smallest absolute Gasteiger partial charge is 0.233 e. The van der Waals surface area contributed by atoms with Gasteiger partial charge in [-0.05, 0) is 43.3 Å². The fourth-order valence-electron chi connectivity index (χ4n) is 3.66. The maximum absolute atomic E-state index is 13.5. The predicted molar refractivity (Wildman–Crippen MR) is 135 cm³/mol. The van der Waals surface area contributed by atoms with E-state index in [2.05, 4.69) is 4.98 Å².